The second-order valence-electron chi connectivity index (χ2n) is 6.54. The lowest BCUT2D eigenvalue weighted by Gasteiger charge is -2.20. The molecule has 24 heavy (non-hydrogen) atoms. The molecule has 0 spiro atoms. The van der Waals surface area contributed by atoms with Crippen molar-refractivity contribution >= 4 is 16.7 Å². The van der Waals surface area contributed by atoms with Gasteiger partial charge in [-0.15, -0.1) is 0 Å². The van der Waals surface area contributed by atoms with Gasteiger partial charge in [0, 0.05) is 24.5 Å². The first-order chi connectivity index (χ1) is 11.5. The molecule has 0 saturated carbocycles. The number of benzene rings is 2. The van der Waals surface area contributed by atoms with Crippen LogP contribution in [-0.2, 0) is 4.79 Å². The number of hydrazine groups is 1. The van der Waals surface area contributed by atoms with E-state index < -0.39 is 6.10 Å². The van der Waals surface area contributed by atoms with E-state index in [-0.39, 0.29) is 5.91 Å². The number of fused-ring (bicyclic) bond motifs is 1. The van der Waals surface area contributed by atoms with Gasteiger partial charge in [-0.2, -0.15) is 0 Å². The van der Waals surface area contributed by atoms with Crippen molar-refractivity contribution in [2.45, 2.75) is 39.0 Å². The first-order valence-corrected chi connectivity index (χ1v) is 8.49. The molecule has 1 heterocycles. The molecule has 3 atom stereocenters. The van der Waals surface area contributed by atoms with Crippen molar-refractivity contribution in [3.05, 3.63) is 42.5 Å². The van der Waals surface area contributed by atoms with E-state index in [9.17, 15) is 4.79 Å². The van der Waals surface area contributed by atoms with Crippen molar-refractivity contribution in [3.63, 3.8) is 0 Å². The highest BCUT2D eigenvalue weighted by Crippen LogP contribution is 2.21. The average molecular weight is 327 g/mol. The Morgan fingerprint density at radius 1 is 1.12 bits per heavy atom. The van der Waals surface area contributed by atoms with Crippen LogP contribution in [0.2, 0.25) is 0 Å². The number of amides is 1. The molecule has 2 aromatic carbocycles. The van der Waals surface area contributed by atoms with E-state index in [1.54, 1.807) is 6.92 Å². The minimum atomic E-state index is -0.529. The maximum absolute atomic E-state index is 12.3. The van der Waals surface area contributed by atoms with Crippen molar-refractivity contribution in [1.82, 2.24) is 16.2 Å². The van der Waals surface area contributed by atoms with Gasteiger partial charge in [0.15, 0.2) is 6.10 Å². The van der Waals surface area contributed by atoms with E-state index in [1.165, 1.54) is 0 Å². The molecule has 1 saturated heterocycles. The maximum Gasteiger partial charge on any atom is 0.260 e. The van der Waals surface area contributed by atoms with Gasteiger partial charge in [-0.3, -0.25) is 15.6 Å². The first-order valence-electron chi connectivity index (χ1n) is 8.49. The van der Waals surface area contributed by atoms with Gasteiger partial charge >= 0.3 is 0 Å². The Labute approximate surface area is 142 Å². The predicted molar refractivity (Wildman–Crippen MR) is 95.7 cm³/mol. The zero-order valence-electron chi connectivity index (χ0n) is 14.4. The van der Waals surface area contributed by atoms with E-state index in [2.05, 4.69) is 36.1 Å². The molecule has 128 valence electrons. The third-order valence-electron chi connectivity index (χ3n) is 4.74. The Bertz CT molecular complexity index is 709. The van der Waals surface area contributed by atoms with E-state index in [4.69, 9.17) is 4.74 Å². The number of nitrogens with one attached hydrogen (secondary N) is 3. The van der Waals surface area contributed by atoms with Crippen molar-refractivity contribution in [3.8, 4) is 5.75 Å². The van der Waals surface area contributed by atoms with Crippen LogP contribution in [0.1, 0.15) is 20.8 Å². The van der Waals surface area contributed by atoms with Gasteiger partial charge in [0.25, 0.3) is 5.91 Å². The summed E-state index contributed by atoms with van der Waals surface area (Å²) < 4.78 is 5.81. The van der Waals surface area contributed by atoms with Crippen LogP contribution in [0.5, 0.6) is 5.75 Å². The molecule has 1 fully saturated rings. The molecule has 3 rings (SSSR count). The Kier molecular flexibility index (Phi) is 5.02. The van der Waals surface area contributed by atoms with Crippen LogP contribution in [0.3, 0.4) is 0 Å². The molecule has 3 unspecified atom stereocenters. The minimum Gasteiger partial charge on any atom is -0.481 e. The Balaban J connectivity index is 1.57. The fraction of sp³-hybridized carbons (Fsp3) is 0.421. The standard InChI is InChI=1S/C19H25N3O2/c1-12-18(13(2)22-21-12)11-20-19(23)14(3)24-17-9-8-15-6-4-5-7-16(15)10-17/h4-10,12-14,18,21-22H,11H2,1-3H3,(H,20,23). The van der Waals surface area contributed by atoms with E-state index in [0.717, 1.165) is 10.8 Å². The van der Waals surface area contributed by atoms with Gasteiger partial charge in [-0.1, -0.05) is 30.3 Å². The topological polar surface area (TPSA) is 62.4 Å². The molecule has 1 aliphatic rings. The number of carbonyl (C=O) groups is 1. The molecule has 0 radical (unpaired) electrons. The Morgan fingerprint density at radius 2 is 1.79 bits per heavy atom. The van der Waals surface area contributed by atoms with Gasteiger partial charge in [0.2, 0.25) is 0 Å². The molecule has 1 amide bonds. The summed E-state index contributed by atoms with van der Waals surface area (Å²) in [5.74, 6) is 0.985. The summed E-state index contributed by atoms with van der Waals surface area (Å²) in [6.45, 7) is 6.64. The van der Waals surface area contributed by atoms with E-state index in [1.807, 2.05) is 36.4 Å². The minimum absolute atomic E-state index is 0.0885. The third kappa shape index (κ3) is 3.68. The van der Waals surface area contributed by atoms with Crippen LogP contribution >= 0.6 is 0 Å². The molecule has 2 aromatic rings. The monoisotopic (exact) mass is 327 g/mol. The van der Waals surface area contributed by atoms with Gasteiger partial charge in [0.05, 0.1) is 0 Å². The normalized spacial score (nSPS) is 24.7. The van der Waals surface area contributed by atoms with E-state index >= 15 is 0 Å². The van der Waals surface area contributed by atoms with Crippen LogP contribution in [-0.4, -0.2) is 30.6 Å². The lowest BCUT2D eigenvalue weighted by atomic mass is 9.97. The van der Waals surface area contributed by atoms with Gasteiger partial charge in [-0.25, -0.2) is 0 Å². The van der Waals surface area contributed by atoms with Crippen molar-refractivity contribution < 1.29 is 9.53 Å². The molecule has 1 aliphatic heterocycles. The Morgan fingerprint density at radius 3 is 2.50 bits per heavy atom. The summed E-state index contributed by atoms with van der Waals surface area (Å²) >= 11 is 0. The zero-order chi connectivity index (χ0) is 17.1. The fourth-order valence-electron chi connectivity index (χ4n) is 3.12. The molecular formula is C19H25N3O2. The van der Waals surface area contributed by atoms with Gasteiger partial charge in [0.1, 0.15) is 5.75 Å². The lowest BCUT2D eigenvalue weighted by molar-refractivity contribution is -0.127. The maximum atomic E-state index is 12.3. The second kappa shape index (κ2) is 7.20. The molecule has 0 bridgehead atoms. The summed E-state index contributed by atoms with van der Waals surface area (Å²) in [6.07, 6.45) is -0.529. The third-order valence-corrected chi connectivity index (χ3v) is 4.74. The highest BCUT2D eigenvalue weighted by molar-refractivity contribution is 5.84. The summed E-state index contributed by atoms with van der Waals surface area (Å²) in [7, 11) is 0. The zero-order valence-corrected chi connectivity index (χ0v) is 14.4. The van der Waals surface area contributed by atoms with Crippen LogP contribution in [0, 0.1) is 5.92 Å². The van der Waals surface area contributed by atoms with Gasteiger partial charge in [-0.05, 0) is 43.7 Å². The summed E-state index contributed by atoms with van der Waals surface area (Å²) in [5.41, 5.74) is 6.39. The molecule has 0 aromatic heterocycles. The molecule has 0 aliphatic carbocycles. The van der Waals surface area contributed by atoms with Crippen LogP contribution in [0.4, 0.5) is 0 Å². The highest BCUT2D eigenvalue weighted by Gasteiger charge is 2.30. The summed E-state index contributed by atoms with van der Waals surface area (Å²) in [6, 6.07) is 14.6. The molecule has 3 N–H and O–H groups in total. The van der Waals surface area contributed by atoms with Crippen LogP contribution in [0.15, 0.2) is 42.5 Å². The molecule has 5 heteroatoms. The number of rotatable bonds is 5. The van der Waals surface area contributed by atoms with Crippen molar-refractivity contribution in [1.29, 1.82) is 0 Å². The quantitative estimate of drug-likeness (QED) is 0.788. The smallest absolute Gasteiger partial charge is 0.260 e. The first kappa shape index (κ1) is 16.7. The SMILES string of the molecule is CC(Oc1ccc2ccccc2c1)C(=O)NCC1C(C)NNC1C. The summed E-state index contributed by atoms with van der Waals surface area (Å²) in [5, 5.41) is 5.26. The Hall–Kier alpha value is -2.11. The van der Waals surface area contributed by atoms with E-state index in [0.29, 0.717) is 30.3 Å². The van der Waals surface area contributed by atoms with Crippen LogP contribution < -0.4 is 20.9 Å². The molecular weight excluding hydrogens is 302 g/mol. The number of hydrogen-bond acceptors (Lipinski definition) is 4. The van der Waals surface area contributed by atoms with Crippen molar-refractivity contribution in [2.75, 3.05) is 6.54 Å². The highest BCUT2D eigenvalue weighted by atomic mass is 16.5. The lowest BCUT2D eigenvalue weighted by Crippen LogP contribution is -2.42. The predicted octanol–water partition coefficient (Wildman–Crippen LogP) is 2.22. The largest absolute Gasteiger partial charge is 0.481 e. The number of ether oxygens (including phenoxy) is 1. The number of hydrogen-bond donors (Lipinski definition) is 3. The fourth-order valence-corrected chi connectivity index (χ4v) is 3.12. The molecule has 5 nitrogen and oxygen atoms in total. The summed E-state index contributed by atoms with van der Waals surface area (Å²) in [4.78, 5) is 12.3. The van der Waals surface area contributed by atoms with Crippen LogP contribution in [0.25, 0.3) is 10.8 Å². The average Bonchev–Trinajstić information content (AvgIpc) is 2.90. The van der Waals surface area contributed by atoms with Crippen molar-refractivity contribution in [2.24, 2.45) is 5.92 Å². The number of carbonyl (C=O) groups excluding carboxylic acids is 1. The van der Waals surface area contributed by atoms with Gasteiger partial charge < -0.3 is 10.1 Å². The second-order valence-corrected chi connectivity index (χ2v) is 6.54.